The minimum Gasteiger partial charge on any atom is -0.357 e. The van der Waals surface area contributed by atoms with Crippen LogP contribution in [0.25, 0.3) is 0 Å². The molecule has 0 spiro atoms. The molecule has 0 heterocycles. The van der Waals surface area contributed by atoms with Crippen molar-refractivity contribution in [3.63, 3.8) is 0 Å². The maximum Gasteiger partial charge on any atom is 0.527 e. The number of hydrogen-bond acceptors (Lipinski definition) is 4. The highest BCUT2D eigenvalue weighted by molar-refractivity contribution is 4.76. The van der Waals surface area contributed by atoms with Crippen molar-refractivity contribution in [2.24, 2.45) is 0 Å². The summed E-state index contributed by atoms with van der Waals surface area (Å²) in [6.07, 6.45) is -45.9. The first-order valence-electron chi connectivity index (χ1n) is 4.95. The third-order valence-electron chi connectivity index (χ3n) is 1.72. The first kappa shape index (κ1) is 23.9. The molecule has 0 aromatic heterocycles. The maximum absolute atomic E-state index is 12.7. The highest BCUT2D eigenvalue weighted by Gasteiger charge is 2.74. The van der Waals surface area contributed by atoms with Gasteiger partial charge in [0.15, 0.2) is 0 Å². The van der Waals surface area contributed by atoms with Gasteiger partial charge in [-0.25, -0.2) is 18.6 Å². The second kappa shape index (κ2) is 6.54. The van der Waals surface area contributed by atoms with Gasteiger partial charge in [-0.2, -0.15) is 43.9 Å². The first-order valence-corrected chi connectivity index (χ1v) is 4.95. The summed E-state index contributed by atoms with van der Waals surface area (Å²) in [7, 11) is 0. The molecule has 0 fully saturated rings. The first-order chi connectivity index (χ1) is 10.6. The van der Waals surface area contributed by atoms with Crippen LogP contribution in [-0.4, -0.2) is 48.4 Å². The number of alkyl halides is 14. The van der Waals surface area contributed by atoms with E-state index in [1.807, 2.05) is 0 Å². The minimum absolute atomic E-state index is 1.41. The normalized spacial score (nSPS) is 16.9. The zero-order valence-corrected chi connectivity index (χ0v) is 10.5. The van der Waals surface area contributed by atoms with Gasteiger partial charge in [0.1, 0.15) is 0 Å². The second-order valence-electron chi connectivity index (χ2n) is 3.72. The monoisotopic (exact) mass is 416 g/mol. The third-order valence-corrected chi connectivity index (χ3v) is 1.72. The molecule has 0 amide bonds. The van der Waals surface area contributed by atoms with Crippen molar-refractivity contribution in [2.45, 2.75) is 43.3 Å². The summed E-state index contributed by atoms with van der Waals surface area (Å²) in [5, 5.41) is 7.62. The summed E-state index contributed by atoms with van der Waals surface area (Å²) in [5.41, 5.74) is 0. The van der Waals surface area contributed by atoms with Crippen LogP contribution >= 0.6 is 0 Å². The minimum atomic E-state index is -7.19. The molecule has 0 aromatic rings. The largest absolute Gasteiger partial charge is 0.527 e. The highest BCUT2D eigenvalue weighted by atomic mass is 19.4. The van der Waals surface area contributed by atoms with Gasteiger partial charge >= 0.3 is 36.9 Å². The molecule has 0 rings (SSSR count). The van der Waals surface area contributed by atoms with Crippen molar-refractivity contribution >= 4 is 0 Å². The van der Waals surface area contributed by atoms with E-state index >= 15 is 0 Å². The van der Waals surface area contributed by atoms with Crippen molar-refractivity contribution in [3.05, 3.63) is 0 Å². The smallest absolute Gasteiger partial charge is 0.357 e. The lowest BCUT2D eigenvalue weighted by Gasteiger charge is -2.33. The van der Waals surface area contributed by atoms with Crippen molar-refractivity contribution in [1.29, 1.82) is 0 Å². The average Bonchev–Trinajstić information content (AvgIpc) is 2.21. The van der Waals surface area contributed by atoms with Gasteiger partial charge in [0.2, 0.25) is 0 Å². The molecular formula is C7H2F14O4. The maximum atomic E-state index is 12.7. The van der Waals surface area contributed by atoms with Crippen LogP contribution in [0.1, 0.15) is 0 Å². The predicted molar refractivity (Wildman–Crippen MR) is 41.2 cm³/mol. The van der Waals surface area contributed by atoms with Gasteiger partial charge in [0.05, 0.1) is 0 Å². The number of rotatable bonds is 8. The Balaban J connectivity index is 5.52. The lowest BCUT2D eigenvalue weighted by atomic mass is 10.5. The van der Waals surface area contributed by atoms with E-state index in [1.54, 1.807) is 4.74 Å². The molecule has 152 valence electrons. The average molecular weight is 416 g/mol. The van der Waals surface area contributed by atoms with E-state index in [0.717, 1.165) is 0 Å². The number of halogens is 14. The van der Waals surface area contributed by atoms with E-state index in [2.05, 4.69) is 0 Å². The van der Waals surface area contributed by atoms with Crippen molar-refractivity contribution in [2.75, 3.05) is 0 Å². The standard InChI is InChI=1S/C7H2F14O4/c8-1(22)2(9,10)23-3(11,12)4(13,14)24-5(15,16)6(17,18)25-7(19,20)21/h1,22H. The fourth-order valence-electron chi connectivity index (χ4n) is 0.763. The topological polar surface area (TPSA) is 47.9 Å². The Bertz CT molecular complexity index is 457. The van der Waals surface area contributed by atoms with E-state index in [0.29, 0.717) is 0 Å². The zero-order chi connectivity index (χ0) is 20.7. The molecule has 1 atom stereocenters. The van der Waals surface area contributed by atoms with Crippen LogP contribution in [0.4, 0.5) is 61.5 Å². The van der Waals surface area contributed by atoms with E-state index in [9.17, 15) is 61.5 Å². The molecule has 0 bridgehead atoms. The Morgan fingerprint density at radius 1 is 0.520 bits per heavy atom. The quantitative estimate of drug-likeness (QED) is 0.612. The van der Waals surface area contributed by atoms with Gasteiger partial charge in [-0.3, -0.25) is 0 Å². The number of aliphatic hydroxyl groups is 1. The Morgan fingerprint density at radius 2 is 0.800 bits per heavy atom. The van der Waals surface area contributed by atoms with Crippen molar-refractivity contribution in [1.82, 2.24) is 0 Å². The van der Waals surface area contributed by atoms with Gasteiger partial charge in [-0.1, -0.05) is 0 Å². The van der Waals surface area contributed by atoms with Gasteiger partial charge in [-0.05, 0) is 0 Å². The fourth-order valence-corrected chi connectivity index (χ4v) is 0.763. The Morgan fingerprint density at radius 3 is 1.08 bits per heavy atom. The Kier molecular flexibility index (Phi) is 6.24. The van der Waals surface area contributed by atoms with Gasteiger partial charge in [-0.15, -0.1) is 13.2 Å². The molecular weight excluding hydrogens is 414 g/mol. The van der Waals surface area contributed by atoms with Crippen LogP contribution in [0.2, 0.25) is 0 Å². The van der Waals surface area contributed by atoms with Crippen LogP contribution in [0, 0.1) is 0 Å². The molecule has 0 radical (unpaired) electrons. The lowest BCUT2D eigenvalue weighted by Crippen LogP contribution is -2.57. The highest BCUT2D eigenvalue weighted by Crippen LogP contribution is 2.48. The summed E-state index contributed by atoms with van der Waals surface area (Å²) < 4.78 is 176. The lowest BCUT2D eigenvalue weighted by molar-refractivity contribution is -0.567. The number of ether oxygens (including phenoxy) is 3. The molecule has 0 aliphatic rings. The van der Waals surface area contributed by atoms with Crippen LogP contribution in [0.3, 0.4) is 0 Å². The SMILES string of the molecule is OC(F)C(F)(F)OC(F)(F)C(F)(F)OC(F)(F)C(F)(F)OC(F)(F)F. The fraction of sp³-hybridized carbons (Fsp3) is 1.00. The van der Waals surface area contributed by atoms with Crippen LogP contribution in [-0.2, 0) is 14.2 Å². The third kappa shape index (κ3) is 5.96. The van der Waals surface area contributed by atoms with E-state index in [-0.39, 0.29) is 0 Å². The summed E-state index contributed by atoms with van der Waals surface area (Å²) in [6.45, 7) is 0. The predicted octanol–water partition coefficient (Wildman–Crippen LogP) is 3.81. The van der Waals surface area contributed by atoms with E-state index in [1.165, 1.54) is 9.47 Å². The van der Waals surface area contributed by atoms with Gasteiger partial charge in [0, 0.05) is 0 Å². The molecule has 1 N–H and O–H groups in total. The molecule has 25 heavy (non-hydrogen) atoms. The molecule has 4 nitrogen and oxygen atoms in total. The molecule has 1 unspecified atom stereocenters. The van der Waals surface area contributed by atoms with Crippen LogP contribution in [0.15, 0.2) is 0 Å². The van der Waals surface area contributed by atoms with Gasteiger partial charge in [0.25, 0.3) is 6.36 Å². The Labute approximate surface area is 125 Å². The van der Waals surface area contributed by atoms with Crippen LogP contribution < -0.4 is 0 Å². The number of aliphatic hydroxyl groups excluding tert-OH is 1. The second-order valence-corrected chi connectivity index (χ2v) is 3.72. The summed E-state index contributed by atoms with van der Waals surface area (Å²) >= 11 is 0. The van der Waals surface area contributed by atoms with Crippen molar-refractivity contribution in [3.8, 4) is 0 Å². The summed E-state index contributed by atoms with van der Waals surface area (Å²) in [5.74, 6) is 0. The Hall–Kier alpha value is -1.14. The molecule has 0 saturated carbocycles. The zero-order valence-electron chi connectivity index (χ0n) is 10.5. The summed E-state index contributed by atoms with van der Waals surface area (Å²) in [6, 6.07) is 0. The molecule has 0 aromatic carbocycles. The van der Waals surface area contributed by atoms with Gasteiger partial charge < -0.3 is 5.11 Å². The number of hydrogen-bond donors (Lipinski definition) is 1. The van der Waals surface area contributed by atoms with Crippen LogP contribution in [0.5, 0.6) is 0 Å². The molecule has 18 heteroatoms. The van der Waals surface area contributed by atoms with E-state index in [4.69, 9.17) is 5.11 Å². The molecule has 0 aliphatic carbocycles. The summed E-state index contributed by atoms with van der Waals surface area (Å²) in [4.78, 5) is 0. The van der Waals surface area contributed by atoms with E-state index < -0.39 is 43.3 Å². The molecule has 0 saturated heterocycles. The molecule has 0 aliphatic heterocycles. The van der Waals surface area contributed by atoms with Crippen molar-refractivity contribution < 1.29 is 80.8 Å².